The van der Waals surface area contributed by atoms with Crippen LogP contribution in [0, 0.1) is 0 Å². The van der Waals surface area contributed by atoms with Gasteiger partial charge in [0.2, 0.25) is 0 Å². The maximum absolute atomic E-state index is 11.6. The van der Waals surface area contributed by atoms with Crippen LogP contribution in [0.4, 0.5) is 0 Å². The smallest absolute Gasteiger partial charge is 0.344 e. The lowest BCUT2D eigenvalue weighted by Crippen LogP contribution is -2.14. The Labute approximate surface area is 134 Å². The minimum atomic E-state index is -0.438. The van der Waals surface area contributed by atoms with E-state index in [4.69, 9.17) is 9.47 Å². The zero-order valence-corrected chi connectivity index (χ0v) is 12.9. The molecule has 0 radical (unpaired) electrons. The average Bonchev–Trinajstić information content (AvgIpc) is 2.60. The first-order valence-electron chi connectivity index (χ1n) is 7.15. The van der Waals surface area contributed by atoms with Crippen LogP contribution in [-0.2, 0) is 32.1 Å². The summed E-state index contributed by atoms with van der Waals surface area (Å²) in [5.41, 5.74) is 1.74. The van der Waals surface area contributed by atoms with Crippen LogP contribution < -0.4 is 4.74 Å². The van der Waals surface area contributed by atoms with Crippen molar-refractivity contribution in [3.05, 3.63) is 65.7 Å². The lowest BCUT2D eigenvalue weighted by molar-refractivity contribution is -0.147. The van der Waals surface area contributed by atoms with Crippen molar-refractivity contribution in [2.45, 2.75) is 13.0 Å². The highest BCUT2D eigenvalue weighted by atomic mass is 16.6. The van der Waals surface area contributed by atoms with Crippen LogP contribution in [0.1, 0.15) is 11.1 Å². The zero-order chi connectivity index (χ0) is 16.5. The fourth-order valence-electron chi connectivity index (χ4n) is 1.86. The van der Waals surface area contributed by atoms with Crippen molar-refractivity contribution < 1.29 is 23.8 Å². The third-order valence-corrected chi connectivity index (χ3v) is 3.10. The normalized spacial score (nSPS) is 9.96. The van der Waals surface area contributed by atoms with Crippen LogP contribution in [0.15, 0.2) is 54.6 Å². The Morgan fingerprint density at radius 3 is 2.22 bits per heavy atom. The number of rotatable bonds is 7. The molecule has 5 heteroatoms. The van der Waals surface area contributed by atoms with E-state index in [0.717, 1.165) is 11.1 Å². The summed E-state index contributed by atoms with van der Waals surface area (Å²) in [5.74, 6) is -0.203. The molecule has 0 unspecified atom stereocenters. The molecule has 120 valence electrons. The Bertz CT molecular complexity index is 634. The van der Waals surface area contributed by atoms with Gasteiger partial charge in [-0.05, 0) is 23.3 Å². The van der Waals surface area contributed by atoms with Gasteiger partial charge in [-0.15, -0.1) is 0 Å². The van der Waals surface area contributed by atoms with E-state index < -0.39 is 5.97 Å². The van der Waals surface area contributed by atoms with Crippen LogP contribution in [0.25, 0.3) is 0 Å². The summed E-state index contributed by atoms with van der Waals surface area (Å²) in [6.45, 7) is 0.0598. The summed E-state index contributed by atoms with van der Waals surface area (Å²) in [4.78, 5) is 22.8. The number of ether oxygens (including phenoxy) is 3. The summed E-state index contributed by atoms with van der Waals surface area (Å²) in [7, 11) is 1.35. The molecule has 0 saturated heterocycles. The highest BCUT2D eigenvalue weighted by Crippen LogP contribution is 2.13. The number of methoxy groups -OCH3 is 1. The van der Waals surface area contributed by atoms with Crippen molar-refractivity contribution in [2.24, 2.45) is 0 Å². The van der Waals surface area contributed by atoms with Gasteiger partial charge in [-0.25, -0.2) is 4.79 Å². The molecule has 0 saturated carbocycles. The zero-order valence-electron chi connectivity index (χ0n) is 12.9. The third-order valence-electron chi connectivity index (χ3n) is 3.10. The molecular formula is C18H18O5. The number of hydrogen-bond donors (Lipinski definition) is 0. The Hall–Kier alpha value is -2.82. The van der Waals surface area contributed by atoms with Gasteiger partial charge in [0.15, 0.2) is 6.61 Å². The average molecular weight is 314 g/mol. The minimum Gasteiger partial charge on any atom is -0.482 e. The topological polar surface area (TPSA) is 61.8 Å². The van der Waals surface area contributed by atoms with Gasteiger partial charge in [0.1, 0.15) is 12.4 Å². The first-order chi connectivity index (χ1) is 11.2. The van der Waals surface area contributed by atoms with Crippen LogP contribution in [-0.4, -0.2) is 25.7 Å². The Morgan fingerprint density at radius 2 is 1.57 bits per heavy atom. The van der Waals surface area contributed by atoms with E-state index >= 15 is 0 Å². The van der Waals surface area contributed by atoms with E-state index in [1.54, 1.807) is 24.3 Å². The highest BCUT2D eigenvalue weighted by molar-refractivity contribution is 5.72. The molecule has 0 N–H and O–H groups in total. The first-order valence-corrected chi connectivity index (χ1v) is 7.15. The SMILES string of the molecule is COC(=O)Cc1ccc(OCC(=O)OCc2ccccc2)cc1. The molecule has 0 heterocycles. The maximum atomic E-state index is 11.6. The second-order valence-electron chi connectivity index (χ2n) is 4.83. The Kier molecular flexibility index (Phi) is 6.17. The standard InChI is InChI=1S/C18H18O5/c1-21-17(19)11-14-7-9-16(10-8-14)22-13-18(20)23-12-15-5-3-2-4-6-15/h2-10H,11-13H2,1H3. The number of carbonyl (C=O) groups is 2. The van der Waals surface area contributed by atoms with E-state index in [1.165, 1.54) is 7.11 Å². The van der Waals surface area contributed by atoms with Gasteiger partial charge in [0, 0.05) is 0 Å². The number of hydrogen-bond acceptors (Lipinski definition) is 5. The molecule has 0 amide bonds. The minimum absolute atomic E-state index is 0.164. The molecule has 0 aliphatic heterocycles. The molecule has 0 atom stereocenters. The molecule has 0 spiro atoms. The summed E-state index contributed by atoms with van der Waals surface area (Å²) in [5, 5.41) is 0. The molecule has 2 rings (SSSR count). The molecule has 0 aliphatic rings. The highest BCUT2D eigenvalue weighted by Gasteiger charge is 2.06. The van der Waals surface area contributed by atoms with Gasteiger partial charge in [-0.2, -0.15) is 0 Å². The third kappa shape index (κ3) is 5.82. The summed E-state index contributed by atoms with van der Waals surface area (Å²) in [6, 6.07) is 16.3. The van der Waals surface area contributed by atoms with Crippen molar-refractivity contribution in [3.63, 3.8) is 0 Å². The van der Waals surface area contributed by atoms with Crippen molar-refractivity contribution in [2.75, 3.05) is 13.7 Å². The van der Waals surface area contributed by atoms with Crippen LogP contribution in [0.5, 0.6) is 5.75 Å². The van der Waals surface area contributed by atoms with Crippen molar-refractivity contribution in [1.82, 2.24) is 0 Å². The van der Waals surface area contributed by atoms with E-state index in [2.05, 4.69) is 4.74 Å². The largest absolute Gasteiger partial charge is 0.482 e. The fraction of sp³-hybridized carbons (Fsp3) is 0.222. The predicted octanol–water partition coefficient (Wildman–Crippen LogP) is 2.52. The van der Waals surface area contributed by atoms with Crippen molar-refractivity contribution >= 4 is 11.9 Å². The molecule has 0 fully saturated rings. The summed E-state index contributed by atoms with van der Waals surface area (Å²) >= 11 is 0. The number of benzene rings is 2. The first kappa shape index (κ1) is 16.5. The van der Waals surface area contributed by atoms with E-state index in [1.807, 2.05) is 30.3 Å². The van der Waals surface area contributed by atoms with Crippen LogP contribution in [0.3, 0.4) is 0 Å². The molecule has 2 aromatic carbocycles. The van der Waals surface area contributed by atoms with Gasteiger partial charge in [-0.1, -0.05) is 42.5 Å². The van der Waals surface area contributed by atoms with Gasteiger partial charge in [0.05, 0.1) is 13.5 Å². The van der Waals surface area contributed by atoms with E-state index in [9.17, 15) is 9.59 Å². The van der Waals surface area contributed by atoms with Crippen LogP contribution >= 0.6 is 0 Å². The lowest BCUT2D eigenvalue weighted by atomic mass is 10.1. The van der Waals surface area contributed by atoms with Gasteiger partial charge in [0.25, 0.3) is 0 Å². The fourth-order valence-corrected chi connectivity index (χ4v) is 1.86. The second kappa shape index (κ2) is 8.58. The van der Waals surface area contributed by atoms with Gasteiger partial charge in [-0.3, -0.25) is 4.79 Å². The van der Waals surface area contributed by atoms with Gasteiger partial charge < -0.3 is 14.2 Å². The molecule has 23 heavy (non-hydrogen) atoms. The van der Waals surface area contributed by atoms with Crippen molar-refractivity contribution in [1.29, 1.82) is 0 Å². The molecule has 0 aliphatic carbocycles. The Morgan fingerprint density at radius 1 is 0.870 bits per heavy atom. The summed E-state index contributed by atoms with van der Waals surface area (Å²) < 4.78 is 15.1. The Balaban J connectivity index is 1.74. The quantitative estimate of drug-likeness (QED) is 0.735. The van der Waals surface area contributed by atoms with Gasteiger partial charge >= 0.3 is 11.9 Å². The van der Waals surface area contributed by atoms with Crippen molar-refractivity contribution in [3.8, 4) is 5.75 Å². The van der Waals surface area contributed by atoms with E-state index in [0.29, 0.717) is 5.75 Å². The number of esters is 2. The number of carbonyl (C=O) groups excluding carboxylic acids is 2. The van der Waals surface area contributed by atoms with E-state index in [-0.39, 0.29) is 25.6 Å². The molecular weight excluding hydrogens is 296 g/mol. The second-order valence-corrected chi connectivity index (χ2v) is 4.83. The molecule has 0 bridgehead atoms. The monoisotopic (exact) mass is 314 g/mol. The van der Waals surface area contributed by atoms with Crippen LogP contribution in [0.2, 0.25) is 0 Å². The lowest BCUT2D eigenvalue weighted by Gasteiger charge is -2.08. The molecule has 2 aromatic rings. The predicted molar refractivity (Wildman–Crippen MR) is 83.9 cm³/mol. The maximum Gasteiger partial charge on any atom is 0.344 e. The molecule has 0 aromatic heterocycles. The summed E-state index contributed by atoms with van der Waals surface area (Å²) in [6.07, 6.45) is 0.204. The molecule has 5 nitrogen and oxygen atoms in total.